The number of anilines is 1. The molecule has 114 valence electrons. The fraction of sp³-hybridized carbons (Fsp3) is 0.467. The molecule has 0 amide bonds. The zero-order valence-electron chi connectivity index (χ0n) is 11.6. The van der Waals surface area contributed by atoms with E-state index in [1.807, 2.05) is 0 Å². The third kappa shape index (κ3) is 3.15. The molecule has 0 spiro atoms. The van der Waals surface area contributed by atoms with Crippen molar-refractivity contribution in [2.45, 2.75) is 31.5 Å². The van der Waals surface area contributed by atoms with E-state index in [0.29, 0.717) is 23.8 Å². The summed E-state index contributed by atoms with van der Waals surface area (Å²) in [6.45, 7) is 1.62. The van der Waals surface area contributed by atoms with Crippen LogP contribution >= 0.6 is 0 Å². The molecule has 0 bridgehead atoms. The molecule has 0 saturated carbocycles. The Hall–Kier alpha value is -1.69. The van der Waals surface area contributed by atoms with Crippen LogP contribution in [0.3, 0.4) is 0 Å². The molecule has 3 nitrogen and oxygen atoms in total. The third-order valence-electron chi connectivity index (χ3n) is 3.95. The normalized spacial score (nSPS) is 19.9. The summed E-state index contributed by atoms with van der Waals surface area (Å²) in [7, 11) is 0. The molecule has 1 aromatic heterocycles. The molecule has 1 fully saturated rings. The van der Waals surface area contributed by atoms with Gasteiger partial charge < -0.3 is 15.6 Å². The molecule has 3 rings (SSSR count). The summed E-state index contributed by atoms with van der Waals surface area (Å²) in [6.07, 6.45) is 0.722. The number of aromatic amines is 1. The van der Waals surface area contributed by atoms with Crippen LogP contribution in [0.1, 0.15) is 24.8 Å². The average Bonchev–Trinajstić information content (AvgIpc) is 2.93. The minimum absolute atomic E-state index is 0.322. The monoisotopic (exact) mass is 297 g/mol. The molecule has 0 radical (unpaired) electrons. The quantitative estimate of drug-likeness (QED) is 0.807. The van der Waals surface area contributed by atoms with Gasteiger partial charge in [-0.2, -0.15) is 13.2 Å². The highest BCUT2D eigenvalue weighted by atomic mass is 19.4. The zero-order valence-corrected chi connectivity index (χ0v) is 11.6. The third-order valence-corrected chi connectivity index (χ3v) is 3.95. The molecular formula is C15H18F3N3. The second-order valence-corrected chi connectivity index (χ2v) is 5.49. The standard InChI is InChI=1S/C15H18F3N3/c16-15(17,18)10-7-13-12(4-6-20-13)14(8-10)21-9-11-3-1-2-5-19-11/h4,6-8,11,19-21H,1-3,5,9H2/t11-/m0/s1. The largest absolute Gasteiger partial charge is 0.416 e. The summed E-state index contributed by atoms with van der Waals surface area (Å²) in [4.78, 5) is 2.85. The zero-order chi connectivity index (χ0) is 14.9. The van der Waals surface area contributed by atoms with E-state index < -0.39 is 11.7 Å². The van der Waals surface area contributed by atoms with Gasteiger partial charge in [-0.1, -0.05) is 6.42 Å². The van der Waals surface area contributed by atoms with Crippen LogP contribution in [-0.2, 0) is 6.18 Å². The van der Waals surface area contributed by atoms with Gasteiger partial charge in [0.25, 0.3) is 0 Å². The summed E-state index contributed by atoms with van der Waals surface area (Å²) in [5.74, 6) is 0. The van der Waals surface area contributed by atoms with Gasteiger partial charge in [-0.3, -0.25) is 0 Å². The van der Waals surface area contributed by atoms with Crippen molar-refractivity contribution in [1.29, 1.82) is 0 Å². The van der Waals surface area contributed by atoms with Gasteiger partial charge in [-0.25, -0.2) is 0 Å². The van der Waals surface area contributed by atoms with Gasteiger partial charge in [0.05, 0.1) is 5.56 Å². The number of piperidine rings is 1. The van der Waals surface area contributed by atoms with Crippen LogP contribution in [0.5, 0.6) is 0 Å². The number of nitrogens with one attached hydrogen (secondary N) is 3. The van der Waals surface area contributed by atoms with E-state index in [-0.39, 0.29) is 0 Å². The first-order valence-corrected chi connectivity index (χ1v) is 7.19. The first-order valence-electron chi connectivity index (χ1n) is 7.19. The SMILES string of the molecule is FC(F)(F)c1cc(NC[C@@H]2CCCCN2)c2cc[nH]c2c1. The van der Waals surface area contributed by atoms with Crippen molar-refractivity contribution in [2.24, 2.45) is 0 Å². The van der Waals surface area contributed by atoms with Gasteiger partial charge in [0.15, 0.2) is 0 Å². The van der Waals surface area contributed by atoms with Crippen molar-refractivity contribution < 1.29 is 13.2 Å². The lowest BCUT2D eigenvalue weighted by molar-refractivity contribution is -0.137. The van der Waals surface area contributed by atoms with E-state index in [1.165, 1.54) is 18.9 Å². The van der Waals surface area contributed by atoms with Crippen molar-refractivity contribution in [3.63, 3.8) is 0 Å². The van der Waals surface area contributed by atoms with Gasteiger partial charge in [0.2, 0.25) is 0 Å². The fourth-order valence-electron chi connectivity index (χ4n) is 2.81. The number of alkyl halides is 3. The second kappa shape index (κ2) is 5.60. The summed E-state index contributed by atoms with van der Waals surface area (Å²) in [5, 5.41) is 7.35. The minimum atomic E-state index is -4.33. The summed E-state index contributed by atoms with van der Waals surface area (Å²) >= 11 is 0. The molecule has 0 unspecified atom stereocenters. The molecular weight excluding hydrogens is 279 g/mol. The topological polar surface area (TPSA) is 39.8 Å². The lowest BCUT2D eigenvalue weighted by Crippen LogP contribution is -2.39. The van der Waals surface area contributed by atoms with E-state index >= 15 is 0 Å². The summed E-state index contributed by atoms with van der Waals surface area (Å²) in [5.41, 5.74) is 0.411. The second-order valence-electron chi connectivity index (χ2n) is 5.49. The van der Waals surface area contributed by atoms with Crippen LogP contribution in [0.15, 0.2) is 24.4 Å². The summed E-state index contributed by atoms with van der Waals surface area (Å²) < 4.78 is 38.8. The smallest absolute Gasteiger partial charge is 0.383 e. The van der Waals surface area contributed by atoms with Crippen molar-refractivity contribution >= 4 is 16.6 Å². The molecule has 2 aromatic rings. The molecule has 1 saturated heterocycles. The van der Waals surface area contributed by atoms with Crippen LogP contribution < -0.4 is 10.6 Å². The highest BCUT2D eigenvalue weighted by molar-refractivity contribution is 5.92. The van der Waals surface area contributed by atoms with Crippen LogP contribution in [0.4, 0.5) is 18.9 Å². The Labute approximate surface area is 120 Å². The average molecular weight is 297 g/mol. The number of aromatic nitrogens is 1. The van der Waals surface area contributed by atoms with Gasteiger partial charge in [-0.05, 0) is 37.6 Å². The van der Waals surface area contributed by atoms with Gasteiger partial charge >= 0.3 is 6.18 Å². The van der Waals surface area contributed by atoms with Crippen molar-refractivity contribution in [2.75, 3.05) is 18.4 Å². The number of H-pyrrole nitrogens is 1. The Balaban J connectivity index is 1.84. The Morgan fingerprint density at radius 3 is 2.81 bits per heavy atom. The van der Waals surface area contributed by atoms with Crippen molar-refractivity contribution in [3.8, 4) is 0 Å². The van der Waals surface area contributed by atoms with Gasteiger partial charge in [-0.15, -0.1) is 0 Å². The van der Waals surface area contributed by atoms with Gasteiger partial charge in [0, 0.05) is 35.4 Å². The lowest BCUT2D eigenvalue weighted by Gasteiger charge is -2.24. The van der Waals surface area contributed by atoms with E-state index in [9.17, 15) is 13.2 Å². The fourth-order valence-corrected chi connectivity index (χ4v) is 2.81. The van der Waals surface area contributed by atoms with Crippen LogP contribution in [0.25, 0.3) is 10.9 Å². The maximum absolute atomic E-state index is 12.9. The Bertz CT molecular complexity index is 612. The number of fused-ring (bicyclic) bond motifs is 1. The van der Waals surface area contributed by atoms with E-state index in [4.69, 9.17) is 0 Å². The molecule has 0 aliphatic carbocycles. The van der Waals surface area contributed by atoms with Crippen LogP contribution in [-0.4, -0.2) is 24.1 Å². The number of benzene rings is 1. The van der Waals surface area contributed by atoms with Crippen LogP contribution in [0.2, 0.25) is 0 Å². The summed E-state index contributed by atoms with van der Waals surface area (Å²) in [6, 6.07) is 4.46. The number of hydrogen-bond donors (Lipinski definition) is 3. The molecule has 2 heterocycles. The van der Waals surface area contributed by atoms with Crippen molar-refractivity contribution in [3.05, 3.63) is 30.0 Å². The molecule has 1 atom stereocenters. The maximum Gasteiger partial charge on any atom is 0.416 e. The molecule has 1 aromatic carbocycles. The Morgan fingerprint density at radius 1 is 1.24 bits per heavy atom. The molecule has 21 heavy (non-hydrogen) atoms. The number of halogens is 3. The Kier molecular flexibility index (Phi) is 3.80. The minimum Gasteiger partial charge on any atom is -0.383 e. The highest BCUT2D eigenvalue weighted by Crippen LogP contribution is 2.35. The van der Waals surface area contributed by atoms with E-state index in [0.717, 1.165) is 24.4 Å². The Morgan fingerprint density at radius 2 is 2.10 bits per heavy atom. The highest BCUT2D eigenvalue weighted by Gasteiger charge is 2.31. The molecule has 3 N–H and O–H groups in total. The van der Waals surface area contributed by atoms with E-state index in [2.05, 4.69) is 15.6 Å². The lowest BCUT2D eigenvalue weighted by atomic mass is 10.0. The first kappa shape index (κ1) is 14.3. The van der Waals surface area contributed by atoms with Gasteiger partial charge in [0.1, 0.15) is 0 Å². The van der Waals surface area contributed by atoms with E-state index in [1.54, 1.807) is 12.3 Å². The number of hydrogen-bond acceptors (Lipinski definition) is 2. The molecule has 1 aliphatic rings. The van der Waals surface area contributed by atoms with Crippen LogP contribution in [0, 0.1) is 0 Å². The molecule has 6 heteroatoms. The predicted molar refractivity (Wildman–Crippen MR) is 77.4 cm³/mol. The molecule has 1 aliphatic heterocycles. The first-order chi connectivity index (χ1) is 10.0. The maximum atomic E-state index is 12.9. The van der Waals surface area contributed by atoms with Crippen molar-refractivity contribution in [1.82, 2.24) is 10.3 Å². The predicted octanol–water partition coefficient (Wildman–Crippen LogP) is 3.74. The number of rotatable bonds is 3.